The molecular weight excluding hydrogens is 367 g/mol. The summed E-state index contributed by atoms with van der Waals surface area (Å²) < 4.78 is 20.8. The van der Waals surface area contributed by atoms with Gasteiger partial charge in [-0.3, -0.25) is 4.90 Å². The van der Waals surface area contributed by atoms with Crippen molar-refractivity contribution < 1.29 is 13.9 Å². The Morgan fingerprint density at radius 1 is 1.14 bits per heavy atom. The molecule has 0 bridgehead atoms. The van der Waals surface area contributed by atoms with Gasteiger partial charge in [0.1, 0.15) is 5.67 Å². The summed E-state index contributed by atoms with van der Waals surface area (Å²) >= 11 is 0. The predicted octanol–water partition coefficient (Wildman–Crippen LogP) is 4.14. The third-order valence-corrected chi connectivity index (χ3v) is 6.19. The number of benzene rings is 2. The molecule has 154 valence electrons. The molecule has 1 saturated carbocycles. The van der Waals surface area contributed by atoms with Gasteiger partial charge in [-0.05, 0) is 43.9 Å². The lowest BCUT2D eigenvalue weighted by molar-refractivity contribution is -0.0516. The maximum absolute atomic E-state index is 15.3. The molecule has 1 saturated heterocycles. The molecular formula is C24H29FN2O2. The number of nitrogens with one attached hydrogen (secondary N) is 1. The number of alkyl halides is 1. The highest BCUT2D eigenvalue weighted by molar-refractivity contribution is 5.89. The molecule has 1 aliphatic heterocycles. The van der Waals surface area contributed by atoms with Gasteiger partial charge in [-0.2, -0.15) is 0 Å². The molecule has 4 rings (SSSR count). The van der Waals surface area contributed by atoms with Crippen LogP contribution in [0.1, 0.15) is 48.0 Å². The topological polar surface area (TPSA) is 41.6 Å². The van der Waals surface area contributed by atoms with E-state index in [0.29, 0.717) is 50.0 Å². The number of carbonyl (C=O) groups is 1. The zero-order chi connectivity index (χ0) is 20.3. The van der Waals surface area contributed by atoms with Gasteiger partial charge in [-0.1, -0.05) is 48.5 Å². The summed E-state index contributed by atoms with van der Waals surface area (Å²) in [6.45, 7) is 3.44. The minimum atomic E-state index is -1.19. The minimum Gasteiger partial charge on any atom is -0.443 e. The van der Waals surface area contributed by atoms with Gasteiger partial charge in [0.25, 0.3) is 0 Å². The van der Waals surface area contributed by atoms with Crippen molar-refractivity contribution >= 4 is 5.97 Å². The second kappa shape index (κ2) is 8.64. The first-order chi connectivity index (χ1) is 14.0. The maximum atomic E-state index is 15.3. The summed E-state index contributed by atoms with van der Waals surface area (Å²) in [6, 6.07) is 19.8. The van der Waals surface area contributed by atoms with Crippen molar-refractivity contribution in [3.8, 4) is 0 Å². The molecule has 0 spiro atoms. The van der Waals surface area contributed by atoms with E-state index in [0.717, 1.165) is 6.42 Å². The molecule has 2 aromatic rings. The van der Waals surface area contributed by atoms with Crippen LogP contribution < -0.4 is 5.32 Å². The molecule has 29 heavy (non-hydrogen) atoms. The summed E-state index contributed by atoms with van der Waals surface area (Å²) in [4.78, 5) is 14.3. The molecule has 2 aliphatic rings. The van der Waals surface area contributed by atoms with E-state index < -0.39 is 5.67 Å². The van der Waals surface area contributed by atoms with E-state index in [1.807, 2.05) is 36.1 Å². The second-order valence-electron chi connectivity index (χ2n) is 8.30. The molecule has 1 N–H and O–H groups in total. The van der Waals surface area contributed by atoms with Crippen molar-refractivity contribution in [2.24, 2.45) is 0 Å². The van der Waals surface area contributed by atoms with Gasteiger partial charge in [0.15, 0.2) is 6.23 Å². The van der Waals surface area contributed by atoms with E-state index in [1.54, 1.807) is 12.1 Å². The second-order valence-corrected chi connectivity index (χ2v) is 8.30. The number of halogens is 1. The average molecular weight is 397 g/mol. The highest BCUT2D eigenvalue weighted by Crippen LogP contribution is 2.41. The van der Waals surface area contributed by atoms with E-state index in [9.17, 15) is 4.79 Å². The Labute approximate surface area is 172 Å². The highest BCUT2D eigenvalue weighted by Gasteiger charge is 2.42. The van der Waals surface area contributed by atoms with Crippen molar-refractivity contribution in [1.82, 2.24) is 10.2 Å². The summed E-state index contributed by atoms with van der Waals surface area (Å²) in [5, 5.41) is 3.43. The van der Waals surface area contributed by atoms with Gasteiger partial charge in [0.2, 0.25) is 0 Å². The standard InChI is InChI=1S/C24H29FN2O2/c1-18(29-23(28)20-10-6-3-7-11-20)27-14-12-24(25,13-15-27)17-26-22-16-21(22)19-8-4-2-5-9-19/h2-11,18,21-22,26H,12-17H2,1H3/t18?,21-,22+/m0/s1. The van der Waals surface area contributed by atoms with Crippen molar-refractivity contribution in [1.29, 1.82) is 0 Å². The van der Waals surface area contributed by atoms with Gasteiger partial charge in [0.05, 0.1) is 5.56 Å². The van der Waals surface area contributed by atoms with E-state index in [4.69, 9.17) is 4.74 Å². The smallest absolute Gasteiger partial charge is 0.339 e. The van der Waals surface area contributed by atoms with Crippen molar-refractivity contribution in [2.75, 3.05) is 19.6 Å². The van der Waals surface area contributed by atoms with Crippen LogP contribution in [0.3, 0.4) is 0 Å². The molecule has 0 aromatic heterocycles. The van der Waals surface area contributed by atoms with Gasteiger partial charge < -0.3 is 10.1 Å². The lowest BCUT2D eigenvalue weighted by Gasteiger charge is -2.39. The van der Waals surface area contributed by atoms with Crippen LogP contribution >= 0.6 is 0 Å². The van der Waals surface area contributed by atoms with Crippen molar-refractivity contribution in [3.05, 3.63) is 71.8 Å². The van der Waals surface area contributed by atoms with E-state index in [-0.39, 0.29) is 12.2 Å². The summed E-state index contributed by atoms with van der Waals surface area (Å²) in [5.41, 5.74) is 0.684. The monoisotopic (exact) mass is 396 g/mol. The van der Waals surface area contributed by atoms with Crippen LogP contribution in [0.2, 0.25) is 0 Å². The molecule has 1 heterocycles. The van der Waals surface area contributed by atoms with E-state index in [2.05, 4.69) is 29.6 Å². The Hall–Kier alpha value is -2.24. The number of likely N-dealkylation sites (tertiary alicyclic amines) is 1. The maximum Gasteiger partial charge on any atom is 0.339 e. The molecule has 0 radical (unpaired) electrons. The van der Waals surface area contributed by atoms with Crippen LogP contribution in [0, 0.1) is 0 Å². The summed E-state index contributed by atoms with van der Waals surface area (Å²) in [6.07, 6.45) is 1.64. The molecule has 0 amide bonds. The van der Waals surface area contributed by atoms with Gasteiger partial charge in [-0.15, -0.1) is 0 Å². The summed E-state index contributed by atoms with van der Waals surface area (Å²) in [5.74, 6) is 0.176. The van der Waals surface area contributed by atoms with Gasteiger partial charge >= 0.3 is 5.97 Å². The lowest BCUT2D eigenvalue weighted by atomic mass is 9.93. The number of ether oxygens (including phenoxy) is 1. The Morgan fingerprint density at radius 3 is 2.41 bits per heavy atom. The van der Waals surface area contributed by atoms with Gasteiger partial charge in [0, 0.05) is 31.6 Å². The van der Waals surface area contributed by atoms with Crippen LogP contribution in [0.15, 0.2) is 60.7 Å². The molecule has 2 fully saturated rings. The van der Waals surface area contributed by atoms with Crippen LogP contribution in [-0.2, 0) is 4.74 Å². The Morgan fingerprint density at radius 2 is 1.76 bits per heavy atom. The Bertz CT molecular complexity index is 806. The molecule has 1 aliphatic carbocycles. The van der Waals surface area contributed by atoms with Crippen LogP contribution in [0.5, 0.6) is 0 Å². The predicted molar refractivity (Wildman–Crippen MR) is 112 cm³/mol. The third kappa shape index (κ3) is 5.03. The number of rotatable bonds is 7. The van der Waals surface area contributed by atoms with Crippen molar-refractivity contribution in [2.45, 2.75) is 50.0 Å². The van der Waals surface area contributed by atoms with E-state index >= 15 is 4.39 Å². The van der Waals surface area contributed by atoms with Crippen molar-refractivity contribution in [3.63, 3.8) is 0 Å². The lowest BCUT2D eigenvalue weighted by Crippen LogP contribution is -2.50. The van der Waals surface area contributed by atoms with Crippen LogP contribution in [0.4, 0.5) is 4.39 Å². The third-order valence-electron chi connectivity index (χ3n) is 6.19. The average Bonchev–Trinajstić information content (AvgIpc) is 3.54. The van der Waals surface area contributed by atoms with Crippen LogP contribution in [-0.4, -0.2) is 48.4 Å². The normalized spacial score (nSPS) is 24.6. The first-order valence-corrected chi connectivity index (χ1v) is 10.5. The fourth-order valence-electron chi connectivity index (χ4n) is 4.14. The number of hydrogen-bond acceptors (Lipinski definition) is 4. The number of esters is 1. The summed E-state index contributed by atoms with van der Waals surface area (Å²) in [7, 11) is 0. The molecule has 4 nitrogen and oxygen atoms in total. The number of nitrogens with zero attached hydrogens (tertiary/aromatic N) is 1. The number of piperidine rings is 1. The first kappa shape index (κ1) is 20.0. The Balaban J connectivity index is 1.21. The quantitative estimate of drug-likeness (QED) is 0.715. The molecule has 5 heteroatoms. The largest absolute Gasteiger partial charge is 0.443 e. The molecule has 1 unspecified atom stereocenters. The van der Waals surface area contributed by atoms with Gasteiger partial charge in [-0.25, -0.2) is 9.18 Å². The molecule has 3 atom stereocenters. The SMILES string of the molecule is CC(OC(=O)c1ccccc1)N1CCC(F)(CN[C@@H]2C[C@H]2c2ccccc2)CC1. The number of carbonyl (C=O) groups excluding carboxylic acids is 1. The Kier molecular flexibility index (Phi) is 5.97. The fraction of sp³-hybridized carbons (Fsp3) is 0.458. The number of hydrogen-bond donors (Lipinski definition) is 1. The zero-order valence-electron chi connectivity index (χ0n) is 16.9. The first-order valence-electron chi connectivity index (χ1n) is 10.5. The molecule has 2 aromatic carbocycles. The van der Waals surface area contributed by atoms with Crippen LogP contribution in [0.25, 0.3) is 0 Å². The zero-order valence-corrected chi connectivity index (χ0v) is 16.9. The fourth-order valence-corrected chi connectivity index (χ4v) is 4.14. The van der Waals surface area contributed by atoms with E-state index in [1.165, 1.54) is 5.56 Å². The minimum absolute atomic E-state index is 0.336. The highest BCUT2D eigenvalue weighted by atomic mass is 19.1.